The first-order chi connectivity index (χ1) is 20.3. The lowest BCUT2D eigenvalue weighted by molar-refractivity contribution is -0.0256. The Labute approximate surface area is 250 Å². The normalized spacial score (nSPS) is 27.3. The maximum Gasteiger partial charge on any atom is 0.270 e. The summed E-state index contributed by atoms with van der Waals surface area (Å²) in [6, 6.07) is 11.7. The molecule has 4 heterocycles. The van der Waals surface area contributed by atoms with Crippen molar-refractivity contribution < 1.29 is 19.1 Å². The van der Waals surface area contributed by atoms with Crippen LogP contribution < -0.4 is 9.47 Å². The number of rotatable bonds is 3. The average molecular weight is 587 g/mol. The molecule has 1 spiro atoms. The molecule has 4 atom stereocenters. The van der Waals surface area contributed by atoms with Gasteiger partial charge in [0.05, 0.1) is 12.8 Å². The quantitative estimate of drug-likeness (QED) is 0.493. The van der Waals surface area contributed by atoms with Gasteiger partial charge in [0.1, 0.15) is 11.8 Å². The number of benzene rings is 2. The third kappa shape index (κ3) is 3.45. The first-order valence-electron chi connectivity index (χ1n) is 14.9. The van der Waals surface area contributed by atoms with Gasteiger partial charge in [0.15, 0.2) is 11.5 Å². The number of likely N-dealkylation sites (tertiary alicyclic amines) is 1. The van der Waals surface area contributed by atoms with Crippen molar-refractivity contribution in [3.8, 4) is 11.5 Å². The molecule has 2 saturated heterocycles. The number of ether oxygens (including phenoxy) is 2. The third-order valence-corrected chi connectivity index (χ3v) is 11.1. The summed E-state index contributed by atoms with van der Waals surface area (Å²) in [5, 5.41) is 0.603. The minimum Gasteiger partial charge on any atom is -0.493 e. The predicted molar refractivity (Wildman–Crippen MR) is 159 cm³/mol. The maximum absolute atomic E-state index is 14.0. The van der Waals surface area contributed by atoms with Crippen LogP contribution in [0.4, 0.5) is 0 Å². The number of halogens is 1. The number of aromatic amines is 1. The van der Waals surface area contributed by atoms with Crippen molar-refractivity contribution in [2.24, 2.45) is 5.92 Å². The maximum atomic E-state index is 14.0. The summed E-state index contributed by atoms with van der Waals surface area (Å²) in [4.78, 5) is 36.8. The Morgan fingerprint density at radius 1 is 1.00 bits per heavy atom. The molecule has 3 aromatic rings. The average Bonchev–Trinajstić information content (AvgIpc) is 3.53. The minimum absolute atomic E-state index is 0.00478. The Bertz CT molecular complexity index is 1630. The smallest absolute Gasteiger partial charge is 0.270 e. The van der Waals surface area contributed by atoms with Gasteiger partial charge in [-0.05, 0) is 92.7 Å². The number of piperazine rings is 1. The van der Waals surface area contributed by atoms with Gasteiger partial charge in [-0.3, -0.25) is 9.59 Å². The molecule has 2 bridgehead atoms. The second-order valence-corrected chi connectivity index (χ2v) is 13.0. The van der Waals surface area contributed by atoms with Gasteiger partial charge in [-0.1, -0.05) is 17.7 Å². The molecule has 0 saturated carbocycles. The van der Waals surface area contributed by atoms with Crippen LogP contribution in [0.15, 0.2) is 36.4 Å². The van der Waals surface area contributed by atoms with Gasteiger partial charge >= 0.3 is 0 Å². The van der Waals surface area contributed by atoms with Gasteiger partial charge < -0.3 is 29.2 Å². The van der Waals surface area contributed by atoms with Crippen LogP contribution >= 0.6 is 11.6 Å². The number of carbonyl (C=O) groups is 2. The molecular weight excluding hydrogens is 552 g/mol. The third-order valence-electron chi connectivity index (χ3n) is 10.9. The van der Waals surface area contributed by atoms with E-state index in [1.165, 1.54) is 16.7 Å². The van der Waals surface area contributed by atoms with E-state index in [0.717, 1.165) is 48.6 Å². The molecule has 2 fully saturated rings. The summed E-state index contributed by atoms with van der Waals surface area (Å²) in [5.74, 6) is 2.06. The number of hydrogen-bond acceptors (Lipinski definition) is 5. The summed E-state index contributed by atoms with van der Waals surface area (Å²) in [5.41, 5.74) is 7.18. The topological polar surface area (TPSA) is 78.1 Å². The molecule has 1 aromatic heterocycles. The van der Waals surface area contributed by atoms with Crippen molar-refractivity contribution in [3.63, 3.8) is 0 Å². The first kappa shape index (κ1) is 26.2. The number of likely N-dealkylation sites (N-methyl/N-ethyl adjacent to an activating group) is 1. The Morgan fingerprint density at radius 3 is 2.43 bits per heavy atom. The highest BCUT2D eigenvalue weighted by Crippen LogP contribution is 2.67. The standard InChI is InChI=1S/C33H35ClN4O4/c1-18-22-17-23-24-16-20-6-9-25(41-3)29-26(20)33(23,10-11-36(24)2)30(42-29)28(22)35-27(18)32(40)38-14-12-37(13-15-38)31(39)19-4-7-21(34)8-5-19/h4-9,23-24,30,35H,10-17H2,1-3H3/t23?,24-,30-,33-/m0/s1. The van der Waals surface area contributed by atoms with E-state index in [1.54, 1.807) is 31.4 Å². The number of hydrogen-bond donors (Lipinski definition) is 1. The van der Waals surface area contributed by atoms with Crippen LogP contribution in [0.2, 0.25) is 5.02 Å². The van der Waals surface area contributed by atoms with Crippen molar-refractivity contribution >= 4 is 23.4 Å². The first-order valence-corrected chi connectivity index (χ1v) is 15.3. The van der Waals surface area contributed by atoms with E-state index in [-0.39, 0.29) is 23.3 Å². The molecule has 2 aromatic carbocycles. The van der Waals surface area contributed by atoms with Crippen LogP contribution in [-0.2, 0) is 18.3 Å². The van der Waals surface area contributed by atoms with E-state index in [4.69, 9.17) is 21.1 Å². The number of carbonyl (C=O) groups excluding carboxylic acids is 2. The van der Waals surface area contributed by atoms with E-state index in [0.29, 0.717) is 54.4 Å². The minimum atomic E-state index is -0.165. The summed E-state index contributed by atoms with van der Waals surface area (Å²) >= 11 is 6.00. The summed E-state index contributed by atoms with van der Waals surface area (Å²) in [6.45, 7) is 5.08. The van der Waals surface area contributed by atoms with Crippen molar-refractivity contribution in [2.45, 2.75) is 43.7 Å². The SMILES string of the molecule is COc1ccc2c3c1O[C@H]1c4[nH]c(C(=O)N5CCN(C(=O)c6ccc(Cl)cc6)CC5)c(C)c4CC4[C@H](C2)N(C)CC[C@@]341. The van der Waals surface area contributed by atoms with Crippen LogP contribution in [0.3, 0.4) is 0 Å². The van der Waals surface area contributed by atoms with Crippen molar-refractivity contribution in [2.75, 3.05) is 46.9 Å². The fourth-order valence-electron chi connectivity index (χ4n) is 8.70. The fourth-order valence-corrected chi connectivity index (χ4v) is 8.82. The lowest BCUT2D eigenvalue weighted by atomic mass is 9.51. The Hall–Kier alpha value is -3.49. The number of nitrogens with zero attached hydrogens (tertiary/aromatic N) is 3. The molecule has 218 valence electrons. The molecule has 1 N–H and O–H groups in total. The number of piperidine rings is 1. The largest absolute Gasteiger partial charge is 0.493 e. The summed E-state index contributed by atoms with van der Waals surface area (Å²) < 4.78 is 12.7. The van der Waals surface area contributed by atoms with Gasteiger partial charge in [0, 0.05) is 53.8 Å². The van der Waals surface area contributed by atoms with Crippen molar-refractivity contribution in [1.82, 2.24) is 19.7 Å². The van der Waals surface area contributed by atoms with E-state index in [1.807, 2.05) is 15.9 Å². The lowest BCUT2D eigenvalue weighted by Crippen LogP contribution is -2.62. The van der Waals surface area contributed by atoms with Crippen LogP contribution in [0.25, 0.3) is 0 Å². The van der Waals surface area contributed by atoms with Crippen LogP contribution in [0, 0.1) is 12.8 Å². The van der Waals surface area contributed by atoms with Crippen LogP contribution in [0.1, 0.15) is 61.3 Å². The molecule has 9 heteroatoms. The van der Waals surface area contributed by atoms with Crippen LogP contribution in [0.5, 0.6) is 11.5 Å². The highest BCUT2D eigenvalue weighted by Gasteiger charge is 2.65. The molecule has 1 unspecified atom stereocenters. The molecular formula is C33H35ClN4O4. The van der Waals surface area contributed by atoms with Crippen LogP contribution in [-0.4, -0.2) is 84.4 Å². The zero-order chi connectivity index (χ0) is 28.9. The highest BCUT2D eigenvalue weighted by molar-refractivity contribution is 6.30. The number of H-pyrrole nitrogens is 1. The molecule has 5 aliphatic rings. The Balaban J connectivity index is 1.10. The van der Waals surface area contributed by atoms with Gasteiger partial charge in [-0.25, -0.2) is 0 Å². The molecule has 0 radical (unpaired) electrons. The van der Waals surface area contributed by atoms with E-state index >= 15 is 0 Å². The summed E-state index contributed by atoms with van der Waals surface area (Å²) in [7, 11) is 3.96. The monoisotopic (exact) mass is 586 g/mol. The van der Waals surface area contributed by atoms with Gasteiger partial charge in [-0.15, -0.1) is 0 Å². The summed E-state index contributed by atoms with van der Waals surface area (Å²) in [6.07, 6.45) is 2.79. The molecule has 42 heavy (non-hydrogen) atoms. The molecule has 3 aliphatic heterocycles. The zero-order valence-corrected chi connectivity index (χ0v) is 25.0. The predicted octanol–water partition coefficient (Wildman–Crippen LogP) is 4.39. The Kier molecular flexibility index (Phi) is 5.76. The number of nitrogens with one attached hydrogen (secondary N) is 1. The van der Waals surface area contributed by atoms with Gasteiger partial charge in [0.25, 0.3) is 11.8 Å². The molecule has 8 nitrogen and oxygen atoms in total. The van der Waals surface area contributed by atoms with Gasteiger partial charge in [0.2, 0.25) is 0 Å². The van der Waals surface area contributed by atoms with E-state index < -0.39 is 0 Å². The number of amides is 2. The van der Waals surface area contributed by atoms with Crippen molar-refractivity contribution in [3.05, 3.63) is 80.6 Å². The second kappa shape index (κ2) is 9.25. The molecule has 8 rings (SSSR count). The van der Waals surface area contributed by atoms with E-state index in [9.17, 15) is 9.59 Å². The van der Waals surface area contributed by atoms with Crippen molar-refractivity contribution in [1.29, 1.82) is 0 Å². The molecule has 2 aliphatic carbocycles. The highest BCUT2D eigenvalue weighted by atomic mass is 35.5. The molecule has 2 amide bonds. The van der Waals surface area contributed by atoms with Gasteiger partial charge in [-0.2, -0.15) is 0 Å². The lowest BCUT2D eigenvalue weighted by Gasteiger charge is -2.57. The number of methoxy groups -OCH3 is 1. The zero-order valence-electron chi connectivity index (χ0n) is 24.2. The number of fused-ring (bicyclic) bond motifs is 2. The number of aromatic nitrogens is 1. The fraction of sp³-hybridized carbons (Fsp3) is 0.455. The van der Waals surface area contributed by atoms with E-state index in [2.05, 4.69) is 29.9 Å². The second-order valence-electron chi connectivity index (χ2n) is 12.6. The Morgan fingerprint density at radius 2 is 1.71 bits per heavy atom.